The Hall–Kier alpha value is -0.610. The van der Waals surface area contributed by atoms with Gasteiger partial charge in [0.25, 0.3) is 0 Å². The first-order valence-electron chi connectivity index (χ1n) is 8.79. The van der Waals surface area contributed by atoms with Crippen LogP contribution in [-0.2, 0) is 4.79 Å². The van der Waals surface area contributed by atoms with Crippen molar-refractivity contribution in [3.8, 4) is 0 Å². The molecule has 0 aromatic carbocycles. The van der Waals surface area contributed by atoms with Gasteiger partial charge >= 0.3 is 0 Å². The van der Waals surface area contributed by atoms with Crippen molar-refractivity contribution in [3.05, 3.63) is 0 Å². The predicted octanol–water partition coefficient (Wildman–Crippen LogP) is 2.44. The van der Waals surface area contributed by atoms with Gasteiger partial charge in [0.2, 0.25) is 5.91 Å². The Balaban J connectivity index is 1.89. The van der Waals surface area contributed by atoms with E-state index >= 15 is 0 Å². The first kappa shape index (κ1) is 16.8. The molecule has 2 aliphatic rings. The number of hydrogen-bond donors (Lipinski definition) is 1. The van der Waals surface area contributed by atoms with Gasteiger partial charge in [0, 0.05) is 19.1 Å². The lowest BCUT2D eigenvalue weighted by atomic mass is 10.1. The van der Waals surface area contributed by atoms with Crippen LogP contribution in [0.1, 0.15) is 59.3 Å². The Morgan fingerprint density at radius 3 is 2.57 bits per heavy atom. The highest BCUT2D eigenvalue weighted by Crippen LogP contribution is 2.23. The maximum atomic E-state index is 12.5. The van der Waals surface area contributed by atoms with Crippen LogP contribution in [0.25, 0.3) is 0 Å². The second-order valence-electron chi connectivity index (χ2n) is 7.22. The number of rotatable bonds is 7. The Labute approximate surface area is 130 Å². The van der Waals surface area contributed by atoms with Crippen LogP contribution in [0, 0.1) is 5.92 Å². The number of nitrogens with zero attached hydrogens (tertiary/aromatic N) is 2. The fourth-order valence-corrected chi connectivity index (χ4v) is 3.74. The number of carbonyl (C=O) groups excluding carboxylic acids is 1. The predicted molar refractivity (Wildman–Crippen MR) is 87.1 cm³/mol. The van der Waals surface area contributed by atoms with E-state index in [-0.39, 0.29) is 12.2 Å². The lowest BCUT2D eigenvalue weighted by Crippen LogP contribution is -2.43. The molecule has 1 N–H and O–H groups in total. The van der Waals surface area contributed by atoms with Crippen molar-refractivity contribution in [1.82, 2.24) is 15.1 Å². The Bertz CT molecular complexity index is 339. The standard InChI is InChI=1S/C17H33N3O/c1-5-15-17(21)20(16(18-15)12-13(2)3)11-10-19(4)14-8-6-7-9-14/h13-16,18H,5-12H2,1-4H3. The number of amides is 1. The fraction of sp³-hybridized carbons (Fsp3) is 0.941. The van der Waals surface area contributed by atoms with Crippen LogP contribution in [0.4, 0.5) is 0 Å². The van der Waals surface area contributed by atoms with E-state index in [0.29, 0.717) is 11.8 Å². The van der Waals surface area contributed by atoms with E-state index < -0.39 is 0 Å². The van der Waals surface area contributed by atoms with E-state index in [1.54, 1.807) is 0 Å². The van der Waals surface area contributed by atoms with E-state index in [1.165, 1.54) is 25.7 Å². The average Bonchev–Trinajstić information content (AvgIpc) is 3.05. The summed E-state index contributed by atoms with van der Waals surface area (Å²) in [5, 5.41) is 3.52. The zero-order chi connectivity index (χ0) is 15.4. The topological polar surface area (TPSA) is 35.6 Å². The minimum atomic E-state index is 0.0329. The molecule has 2 fully saturated rings. The van der Waals surface area contributed by atoms with Gasteiger partial charge in [-0.1, -0.05) is 33.6 Å². The normalized spacial score (nSPS) is 27.5. The van der Waals surface area contributed by atoms with E-state index in [9.17, 15) is 4.79 Å². The monoisotopic (exact) mass is 295 g/mol. The van der Waals surface area contributed by atoms with Crippen molar-refractivity contribution in [2.45, 2.75) is 77.5 Å². The molecule has 2 atom stereocenters. The maximum Gasteiger partial charge on any atom is 0.241 e. The minimum Gasteiger partial charge on any atom is -0.325 e. The number of carbonyl (C=O) groups is 1. The molecule has 0 radical (unpaired) electrons. The lowest BCUT2D eigenvalue weighted by Gasteiger charge is -2.30. The van der Waals surface area contributed by atoms with Gasteiger partial charge in [0.1, 0.15) is 0 Å². The molecule has 1 heterocycles. The smallest absolute Gasteiger partial charge is 0.241 e. The summed E-state index contributed by atoms with van der Waals surface area (Å²) in [7, 11) is 2.22. The molecule has 0 aromatic heterocycles. The highest BCUT2D eigenvalue weighted by Gasteiger charge is 2.37. The number of nitrogens with one attached hydrogen (secondary N) is 1. The quantitative estimate of drug-likeness (QED) is 0.783. The molecule has 2 unspecified atom stereocenters. The summed E-state index contributed by atoms with van der Waals surface area (Å²) in [6.07, 6.45) is 7.57. The zero-order valence-corrected chi connectivity index (χ0v) is 14.3. The molecule has 0 spiro atoms. The summed E-state index contributed by atoms with van der Waals surface area (Å²) in [5.41, 5.74) is 0. The molecule has 1 amide bonds. The van der Waals surface area contributed by atoms with E-state index in [2.05, 4.69) is 42.9 Å². The average molecular weight is 295 g/mol. The van der Waals surface area contributed by atoms with Crippen LogP contribution in [-0.4, -0.2) is 54.1 Å². The molecular weight excluding hydrogens is 262 g/mol. The molecule has 1 saturated carbocycles. The number of hydrogen-bond acceptors (Lipinski definition) is 3. The molecule has 1 aliphatic carbocycles. The summed E-state index contributed by atoms with van der Waals surface area (Å²) in [5.74, 6) is 0.920. The van der Waals surface area contributed by atoms with Crippen molar-refractivity contribution in [2.75, 3.05) is 20.1 Å². The van der Waals surface area contributed by atoms with E-state index in [0.717, 1.165) is 32.0 Å². The van der Waals surface area contributed by atoms with Crippen LogP contribution in [0.15, 0.2) is 0 Å². The maximum absolute atomic E-state index is 12.5. The summed E-state index contributed by atoms with van der Waals surface area (Å²) < 4.78 is 0. The van der Waals surface area contributed by atoms with Crippen LogP contribution in [0.2, 0.25) is 0 Å². The lowest BCUT2D eigenvalue weighted by molar-refractivity contribution is -0.130. The molecule has 0 aromatic rings. The van der Waals surface area contributed by atoms with Crippen LogP contribution < -0.4 is 5.32 Å². The molecule has 1 saturated heterocycles. The molecule has 1 aliphatic heterocycles. The van der Waals surface area contributed by atoms with Crippen molar-refractivity contribution < 1.29 is 4.79 Å². The summed E-state index contributed by atoms with van der Waals surface area (Å²) >= 11 is 0. The fourth-order valence-electron chi connectivity index (χ4n) is 3.74. The van der Waals surface area contributed by atoms with Gasteiger partial charge in [0.15, 0.2) is 0 Å². The van der Waals surface area contributed by atoms with Gasteiger partial charge in [-0.3, -0.25) is 10.1 Å². The van der Waals surface area contributed by atoms with Gasteiger partial charge < -0.3 is 9.80 Å². The van der Waals surface area contributed by atoms with Crippen molar-refractivity contribution in [3.63, 3.8) is 0 Å². The SMILES string of the molecule is CCC1NC(CC(C)C)N(CCN(C)C2CCCC2)C1=O. The molecule has 4 nitrogen and oxygen atoms in total. The highest BCUT2D eigenvalue weighted by molar-refractivity contribution is 5.84. The van der Waals surface area contributed by atoms with E-state index in [1.807, 2.05) is 0 Å². The highest BCUT2D eigenvalue weighted by atomic mass is 16.2. The minimum absolute atomic E-state index is 0.0329. The van der Waals surface area contributed by atoms with Gasteiger partial charge in [-0.25, -0.2) is 0 Å². The Morgan fingerprint density at radius 1 is 1.33 bits per heavy atom. The molecule has 2 rings (SSSR count). The summed E-state index contributed by atoms with van der Waals surface area (Å²) in [4.78, 5) is 17.1. The number of likely N-dealkylation sites (N-methyl/N-ethyl adjacent to an activating group) is 1. The first-order valence-corrected chi connectivity index (χ1v) is 8.79. The van der Waals surface area contributed by atoms with Crippen molar-refractivity contribution >= 4 is 5.91 Å². The van der Waals surface area contributed by atoms with Gasteiger partial charge in [0.05, 0.1) is 12.2 Å². The Morgan fingerprint density at radius 2 is 2.00 bits per heavy atom. The molecule has 0 bridgehead atoms. The molecule has 122 valence electrons. The van der Waals surface area contributed by atoms with Crippen LogP contribution in [0.3, 0.4) is 0 Å². The first-order chi connectivity index (χ1) is 10.0. The second kappa shape index (κ2) is 7.59. The Kier molecular flexibility index (Phi) is 6.06. The largest absolute Gasteiger partial charge is 0.325 e. The zero-order valence-electron chi connectivity index (χ0n) is 14.3. The summed E-state index contributed by atoms with van der Waals surface area (Å²) in [6, 6.07) is 0.770. The second-order valence-corrected chi connectivity index (χ2v) is 7.22. The van der Waals surface area contributed by atoms with E-state index in [4.69, 9.17) is 0 Å². The molecule has 21 heavy (non-hydrogen) atoms. The molecule has 4 heteroatoms. The molecular formula is C17H33N3O. The van der Waals surface area contributed by atoms with Crippen molar-refractivity contribution in [2.24, 2.45) is 5.92 Å². The van der Waals surface area contributed by atoms with Gasteiger partial charge in [-0.05, 0) is 38.6 Å². The summed E-state index contributed by atoms with van der Waals surface area (Å²) in [6.45, 7) is 8.43. The van der Waals surface area contributed by atoms with Crippen LogP contribution >= 0.6 is 0 Å². The third-order valence-electron chi connectivity index (χ3n) is 5.10. The third kappa shape index (κ3) is 4.19. The van der Waals surface area contributed by atoms with Crippen LogP contribution in [0.5, 0.6) is 0 Å². The third-order valence-corrected chi connectivity index (χ3v) is 5.10. The van der Waals surface area contributed by atoms with Crippen molar-refractivity contribution in [1.29, 1.82) is 0 Å². The van der Waals surface area contributed by atoms with Gasteiger partial charge in [-0.15, -0.1) is 0 Å². The van der Waals surface area contributed by atoms with Gasteiger partial charge in [-0.2, -0.15) is 0 Å².